The molecule has 0 fully saturated rings. The maximum Gasteiger partial charge on any atom is 0.165 e. The zero-order valence-corrected chi connectivity index (χ0v) is 27.3. The highest BCUT2D eigenvalue weighted by Crippen LogP contribution is 2.43. The highest BCUT2D eigenvalue weighted by Gasteiger charge is 2.18. The van der Waals surface area contributed by atoms with Crippen molar-refractivity contribution in [1.82, 2.24) is 15.0 Å². The first kappa shape index (κ1) is 29.0. The minimum Gasteiger partial charge on any atom is -0.208 e. The third-order valence-electron chi connectivity index (χ3n) is 8.99. The van der Waals surface area contributed by atoms with Gasteiger partial charge in [0.2, 0.25) is 0 Å². The van der Waals surface area contributed by atoms with Crippen molar-refractivity contribution in [2.24, 2.45) is 0 Å². The third-order valence-corrected chi connectivity index (χ3v) is 10.3. The number of hydrogen-bond acceptors (Lipinski definition) is 4. The van der Waals surface area contributed by atoms with Gasteiger partial charge in [-0.25, -0.2) is 15.0 Å². The number of hydrogen-bond donors (Lipinski definition) is 0. The van der Waals surface area contributed by atoms with E-state index in [2.05, 4.69) is 164 Å². The molecule has 0 N–H and O–H groups in total. The standard InChI is InChI=1S/C45H29N3S/c1-4-12-30(13-5-1)32-22-26-35(27-23-32)43-46-44(36-28-24-33(25-29-36)31-14-6-2-7-15-31)48-45(47-43)40-21-11-20-39-38-19-10-18-37(41(38)49-42(39)40)34-16-8-3-9-17-34/h1-29H. The Morgan fingerprint density at radius 1 is 0.265 bits per heavy atom. The lowest BCUT2D eigenvalue weighted by Crippen LogP contribution is -2.00. The second-order valence-corrected chi connectivity index (χ2v) is 13.0. The molecule has 2 heterocycles. The molecule has 0 saturated carbocycles. The van der Waals surface area contributed by atoms with Gasteiger partial charge in [-0.15, -0.1) is 11.3 Å². The molecule has 230 valence electrons. The summed E-state index contributed by atoms with van der Waals surface area (Å²) in [5.74, 6) is 1.96. The molecule has 7 aromatic carbocycles. The van der Waals surface area contributed by atoms with E-state index in [0.29, 0.717) is 17.5 Å². The molecule has 0 aliphatic heterocycles. The maximum atomic E-state index is 5.15. The Morgan fingerprint density at radius 2 is 0.633 bits per heavy atom. The van der Waals surface area contributed by atoms with Crippen molar-refractivity contribution in [1.29, 1.82) is 0 Å². The molecule has 0 aliphatic rings. The molecule has 0 radical (unpaired) electrons. The highest BCUT2D eigenvalue weighted by molar-refractivity contribution is 7.26. The topological polar surface area (TPSA) is 38.7 Å². The summed E-state index contributed by atoms with van der Waals surface area (Å²) in [5.41, 5.74) is 10.00. The van der Waals surface area contributed by atoms with E-state index in [1.54, 1.807) is 11.3 Å². The van der Waals surface area contributed by atoms with Gasteiger partial charge in [-0.1, -0.05) is 170 Å². The number of fused-ring (bicyclic) bond motifs is 3. The molecule has 2 aromatic heterocycles. The summed E-state index contributed by atoms with van der Waals surface area (Å²) < 4.78 is 2.43. The summed E-state index contributed by atoms with van der Waals surface area (Å²) in [4.78, 5) is 15.4. The highest BCUT2D eigenvalue weighted by atomic mass is 32.1. The predicted octanol–water partition coefficient (Wildman–Crippen LogP) is 12.2. The summed E-state index contributed by atoms with van der Waals surface area (Å²) in [6.45, 7) is 0. The van der Waals surface area contributed by atoms with Crippen molar-refractivity contribution in [2.75, 3.05) is 0 Å². The second kappa shape index (κ2) is 12.4. The number of nitrogens with zero attached hydrogens (tertiary/aromatic N) is 3. The summed E-state index contributed by atoms with van der Waals surface area (Å²) in [6.07, 6.45) is 0. The molecular weight excluding hydrogens is 615 g/mol. The van der Waals surface area contributed by atoms with Crippen LogP contribution in [0.15, 0.2) is 176 Å². The molecule has 4 heteroatoms. The largest absolute Gasteiger partial charge is 0.208 e. The molecule has 0 aliphatic carbocycles. The molecule has 0 unspecified atom stereocenters. The quantitative estimate of drug-likeness (QED) is 0.181. The molecule has 49 heavy (non-hydrogen) atoms. The predicted molar refractivity (Wildman–Crippen MR) is 205 cm³/mol. The average molecular weight is 644 g/mol. The Kier molecular flexibility index (Phi) is 7.34. The van der Waals surface area contributed by atoms with Crippen LogP contribution in [0.25, 0.3) is 87.7 Å². The van der Waals surface area contributed by atoms with Crippen LogP contribution in [-0.2, 0) is 0 Å². The normalized spacial score (nSPS) is 11.3. The maximum absolute atomic E-state index is 5.15. The van der Waals surface area contributed by atoms with Gasteiger partial charge >= 0.3 is 0 Å². The summed E-state index contributed by atoms with van der Waals surface area (Å²) >= 11 is 1.81. The number of rotatable bonds is 6. The molecule has 0 atom stereocenters. The van der Waals surface area contributed by atoms with E-state index in [9.17, 15) is 0 Å². The minimum absolute atomic E-state index is 0.648. The van der Waals surface area contributed by atoms with Crippen molar-refractivity contribution in [3.63, 3.8) is 0 Å². The van der Waals surface area contributed by atoms with Gasteiger partial charge in [0.25, 0.3) is 0 Å². The van der Waals surface area contributed by atoms with E-state index in [1.807, 2.05) is 12.1 Å². The van der Waals surface area contributed by atoms with Crippen LogP contribution < -0.4 is 0 Å². The fourth-order valence-electron chi connectivity index (χ4n) is 6.48. The Morgan fingerprint density at radius 3 is 1.12 bits per heavy atom. The van der Waals surface area contributed by atoms with E-state index >= 15 is 0 Å². The molecule has 0 spiro atoms. The Labute approximate surface area is 288 Å². The molecule has 3 nitrogen and oxygen atoms in total. The third kappa shape index (κ3) is 5.48. The smallest absolute Gasteiger partial charge is 0.165 e. The van der Waals surface area contributed by atoms with Gasteiger partial charge in [0.15, 0.2) is 17.5 Å². The van der Waals surface area contributed by atoms with Gasteiger partial charge in [0.05, 0.1) is 0 Å². The summed E-state index contributed by atoms with van der Waals surface area (Å²) in [6, 6.07) is 61.5. The van der Waals surface area contributed by atoms with Crippen molar-refractivity contribution >= 4 is 31.5 Å². The lowest BCUT2D eigenvalue weighted by molar-refractivity contribution is 1.08. The van der Waals surface area contributed by atoms with Crippen molar-refractivity contribution in [3.8, 4) is 67.5 Å². The van der Waals surface area contributed by atoms with Gasteiger partial charge in [0.1, 0.15) is 0 Å². The van der Waals surface area contributed by atoms with Crippen LogP contribution in [0.4, 0.5) is 0 Å². The van der Waals surface area contributed by atoms with Gasteiger partial charge in [-0.2, -0.15) is 0 Å². The van der Waals surface area contributed by atoms with Gasteiger partial charge in [-0.3, -0.25) is 0 Å². The fourth-order valence-corrected chi connectivity index (χ4v) is 7.83. The van der Waals surface area contributed by atoms with Crippen molar-refractivity contribution in [2.45, 2.75) is 0 Å². The van der Waals surface area contributed by atoms with Crippen LogP contribution in [0.5, 0.6) is 0 Å². The lowest BCUT2D eigenvalue weighted by Gasteiger charge is -2.10. The van der Waals surface area contributed by atoms with Gasteiger partial charge in [0, 0.05) is 36.9 Å². The number of aromatic nitrogens is 3. The molecule has 0 amide bonds. The van der Waals surface area contributed by atoms with E-state index in [1.165, 1.54) is 42.4 Å². The average Bonchev–Trinajstić information content (AvgIpc) is 3.58. The summed E-state index contributed by atoms with van der Waals surface area (Å²) in [7, 11) is 0. The van der Waals surface area contributed by atoms with Crippen molar-refractivity contribution < 1.29 is 0 Å². The Hall–Kier alpha value is -6.23. The van der Waals surface area contributed by atoms with E-state index in [-0.39, 0.29) is 0 Å². The second-order valence-electron chi connectivity index (χ2n) is 12.0. The fraction of sp³-hybridized carbons (Fsp3) is 0. The SMILES string of the molecule is c1ccc(-c2ccc(-c3nc(-c4ccc(-c5ccccc5)cc4)nc(-c4cccc5c4sc4c(-c6ccccc6)cccc45)n3)cc2)cc1. The van der Waals surface area contributed by atoms with Crippen LogP contribution in [-0.4, -0.2) is 15.0 Å². The first-order valence-electron chi connectivity index (χ1n) is 16.4. The zero-order valence-electron chi connectivity index (χ0n) is 26.5. The minimum atomic E-state index is 0.648. The van der Waals surface area contributed by atoms with Crippen LogP contribution in [0, 0.1) is 0 Å². The van der Waals surface area contributed by atoms with Crippen LogP contribution in [0.3, 0.4) is 0 Å². The van der Waals surface area contributed by atoms with Gasteiger partial charge < -0.3 is 0 Å². The van der Waals surface area contributed by atoms with Crippen LogP contribution in [0.1, 0.15) is 0 Å². The Bertz CT molecular complexity index is 2460. The zero-order chi connectivity index (χ0) is 32.6. The van der Waals surface area contributed by atoms with E-state index in [0.717, 1.165) is 27.8 Å². The first-order chi connectivity index (χ1) is 24.3. The number of benzene rings is 7. The van der Waals surface area contributed by atoms with E-state index in [4.69, 9.17) is 15.0 Å². The molecule has 0 saturated heterocycles. The monoisotopic (exact) mass is 643 g/mol. The number of thiophene rings is 1. The van der Waals surface area contributed by atoms with Gasteiger partial charge in [-0.05, 0) is 39.4 Å². The molecule has 0 bridgehead atoms. The lowest BCUT2D eigenvalue weighted by atomic mass is 10.0. The Balaban J connectivity index is 1.21. The van der Waals surface area contributed by atoms with E-state index < -0.39 is 0 Å². The van der Waals surface area contributed by atoms with Crippen LogP contribution in [0.2, 0.25) is 0 Å². The van der Waals surface area contributed by atoms with Crippen molar-refractivity contribution in [3.05, 3.63) is 176 Å². The van der Waals surface area contributed by atoms with Crippen LogP contribution >= 0.6 is 11.3 Å². The summed E-state index contributed by atoms with van der Waals surface area (Å²) in [5, 5.41) is 2.45. The molecular formula is C45H29N3S. The molecule has 9 rings (SSSR count). The first-order valence-corrected chi connectivity index (χ1v) is 17.2. The molecule has 9 aromatic rings.